The fourth-order valence-corrected chi connectivity index (χ4v) is 3.97. The molecule has 1 amide bonds. The van der Waals surface area contributed by atoms with Crippen molar-refractivity contribution in [2.45, 2.75) is 0 Å². The van der Waals surface area contributed by atoms with Gasteiger partial charge in [0, 0.05) is 38.1 Å². The number of fused-ring (bicyclic) bond motifs is 2. The van der Waals surface area contributed by atoms with Crippen LogP contribution >= 0.6 is 15.9 Å². The number of nitrogens with one attached hydrogen (secondary N) is 2. The number of hydrogen-bond donors (Lipinski definition) is 2. The maximum atomic E-state index is 13.2. The lowest BCUT2D eigenvalue weighted by molar-refractivity contribution is 0.0956. The number of nitrogens with zero attached hydrogens (tertiary/aromatic N) is 2. The lowest BCUT2D eigenvalue weighted by atomic mass is 10.0. The van der Waals surface area contributed by atoms with Crippen molar-refractivity contribution >= 4 is 49.9 Å². The van der Waals surface area contributed by atoms with E-state index in [0.29, 0.717) is 27.9 Å². The topological polar surface area (TPSA) is 79.4 Å². The molecule has 0 aliphatic rings. The van der Waals surface area contributed by atoms with Crippen molar-refractivity contribution in [2.24, 2.45) is 5.10 Å². The van der Waals surface area contributed by atoms with Gasteiger partial charge in [-0.15, -0.1) is 0 Å². The summed E-state index contributed by atoms with van der Waals surface area (Å²) >= 11 is 3.45. The number of carbonyl (C=O) groups is 1. The number of pyridine rings is 1. The number of hydrazone groups is 1. The lowest BCUT2D eigenvalue weighted by Gasteiger charge is -2.10. The normalized spacial score (nSPS) is 11.3. The van der Waals surface area contributed by atoms with Crippen molar-refractivity contribution in [3.05, 3.63) is 94.6 Å². The van der Waals surface area contributed by atoms with Crippen LogP contribution in [0.15, 0.2) is 88.6 Å². The van der Waals surface area contributed by atoms with Gasteiger partial charge in [0.05, 0.1) is 30.1 Å². The Morgan fingerprint density at radius 2 is 1.88 bits per heavy atom. The molecule has 3 aromatic carbocycles. The summed E-state index contributed by atoms with van der Waals surface area (Å²) in [6.45, 7) is 0. The van der Waals surface area contributed by atoms with E-state index in [1.165, 1.54) is 0 Å². The first kappa shape index (κ1) is 20.9. The van der Waals surface area contributed by atoms with Gasteiger partial charge >= 0.3 is 0 Å². The molecule has 0 aliphatic heterocycles. The van der Waals surface area contributed by atoms with Gasteiger partial charge in [-0.05, 0) is 42.5 Å². The molecule has 5 aromatic rings. The smallest absolute Gasteiger partial charge is 0.272 e. The monoisotopic (exact) mass is 498 g/mol. The molecule has 7 heteroatoms. The maximum Gasteiger partial charge on any atom is 0.272 e. The number of methoxy groups -OCH3 is 1. The molecule has 33 heavy (non-hydrogen) atoms. The number of amides is 1. The van der Waals surface area contributed by atoms with Gasteiger partial charge in [0.15, 0.2) is 0 Å². The van der Waals surface area contributed by atoms with Gasteiger partial charge < -0.3 is 9.72 Å². The van der Waals surface area contributed by atoms with Crippen molar-refractivity contribution in [1.82, 2.24) is 15.4 Å². The molecule has 0 saturated heterocycles. The van der Waals surface area contributed by atoms with Gasteiger partial charge in [0.2, 0.25) is 0 Å². The van der Waals surface area contributed by atoms with E-state index in [9.17, 15) is 4.79 Å². The molecule has 162 valence electrons. The number of rotatable bonds is 5. The van der Waals surface area contributed by atoms with Gasteiger partial charge in [-0.1, -0.05) is 46.3 Å². The summed E-state index contributed by atoms with van der Waals surface area (Å²) in [4.78, 5) is 21.1. The van der Waals surface area contributed by atoms with E-state index in [4.69, 9.17) is 9.72 Å². The summed E-state index contributed by atoms with van der Waals surface area (Å²) in [6, 6.07) is 23.0. The minimum atomic E-state index is -0.329. The number of ether oxygens (including phenoxy) is 1. The van der Waals surface area contributed by atoms with Crippen molar-refractivity contribution < 1.29 is 9.53 Å². The largest absolute Gasteiger partial charge is 0.497 e. The van der Waals surface area contributed by atoms with E-state index in [-0.39, 0.29) is 5.91 Å². The third-order valence-electron chi connectivity index (χ3n) is 5.39. The minimum Gasteiger partial charge on any atom is -0.497 e. The van der Waals surface area contributed by atoms with Crippen LogP contribution in [-0.2, 0) is 0 Å². The highest BCUT2D eigenvalue weighted by Gasteiger charge is 2.15. The first-order chi connectivity index (χ1) is 16.1. The highest BCUT2D eigenvalue weighted by atomic mass is 79.9. The Kier molecular flexibility index (Phi) is 5.62. The maximum absolute atomic E-state index is 13.2. The van der Waals surface area contributed by atoms with Crippen LogP contribution in [0.2, 0.25) is 0 Å². The fraction of sp³-hybridized carbons (Fsp3) is 0.0385. The molecule has 0 bridgehead atoms. The van der Waals surface area contributed by atoms with Crippen LogP contribution in [-0.4, -0.2) is 29.2 Å². The Hall–Kier alpha value is -3.97. The molecule has 0 fully saturated rings. The van der Waals surface area contributed by atoms with Crippen LogP contribution in [0.4, 0.5) is 0 Å². The summed E-state index contributed by atoms with van der Waals surface area (Å²) in [6.07, 6.45) is 3.50. The third kappa shape index (κ3) is 4.23. The van der Waals surface area contributed by atoms with Crippen molar-refractivity contribution in [3.8, 4) is 17.0 Å². The molecule has 5 rings (SSSR count). The van der Waals surface area contributed by atoms with Crippen LogP contribution in [0.5, 0.6) is 5.75 Å². The number of aromatic nitrogens is 2. The Labute approximate surface area is 198 Å². The Morgan fingerprint density at radius 3 is 2.70 bits per heavy atom. The van der Waals surface area contributed by atoms with Crippen LogP contribution in [0.25, 0.3) is 33.1 Å². The summed E-state index contributed by atoms with van der Waals surface area (Å²) in [5.74, 6) is 0.321. The highest BCUT2D eigenvalue weighted by Crippen LogP contribution is 2.28. The van der Waals surface area contributed by atoms with Gasteiger partial charge in [-0.2, -0.15) is 5.10 Å². The van der Waals surface area contributed by atoms with E-state index in [1.54, 1.807) is 19.4 Å². The van der Waals surface area contributed by atoms with E-state index < -0.39 is 0 Å². The average Bonchev–Trinajstić information content (AvgIpc) is 3.26. The molecule has 0 aliphatic carbocycles. The Bertz CT molecular complexity index is 1510. The molecule has 6 nitrogen and oxygen atoms in total. The zero-order valence-corrected chi connectivity index (χ0v) is 19.3. The van der Waals surface area contributed by atoms with Crippen molar-refractivity contribution in [1.29, 1.82) is 0 Å². The first-order valence-corrected chi connectivity index (χ1v) is 11.1. The minimum absolute atomic E-state index is 0.329. The molecule has 0 unspecified atom stereocenters. The Morgan fingerprint density at radius 1 is 1.06 bits per heavy atom. The van der Waals surface area contributed by atoms with Crippen molar-refractivity contribution in [3.63, 3.8) is 0 Å². The molecular weight excluding hydrogens is 480 g/mol. The molecular formula is C26H19BrN4O2. The molecule has 0 saturated carbocycles. The van der Waals surface area contributed by atoms with Crippen molar-refractivity contribution in [2.75, 3.05) is 7.11 Å². The lowest BCUT2D eigenvalue weighted by Crippen LogP contribution is -2.18. The number of para-hydroxylation sites is 1. The second kappa shape index (κ2) is 8.88. The second-order valence-corrected chi connectivity index (χ2v) is 8.35. The van der Waals surface area contributed by atoms with Gasteiger partial charge in [-0.25, -0.2) is 10.4 Å². The van der Waals surface area contributed by atoms with E-state index in [1.807, 2.05) is 72.9 Å². The van der Waals surface area contributed by atoms with Crippen LogP contribution < -0.4 is 10.2 Å². The van der Waals surface area contributed by atoms with Crippen LogP contribution in [0, 0.1) is 0 Å². The van der Waals surface area contributed by atoms with E-state index in [0.717, 1.165) is 26.5 Å². The summed E-state index contributed by atoms with van der Waals surface area (Å²) in [5, 5.41) is 5.93. The van der Waals surface area contributed by atoms with Gasteiger partial charge in [0.1, 0.15) is 5.75 Å². The van der Waals surface area contributed by atoms with E-state index in [2.05, 4.69) is 31.4 Å². The quantitative estimate of drug-likeness (QED) is 0.233. The summed E-state index contributed by atoms with van der Waals surface area (Å²) < 4.78 is 6.33. The number of hydrogen-bond acceptors (Lipinski definition) is 4. The molecule has 2 aromatic heterocycles. The number of halogens is 1. The first-order valence-electron chi connectivity index (χ1n) is 10.3. The predicted molar refractivity (Wildman–Crippen MR) is 135 cm³/mol. The van der Waals surface area contributed by atoms with Gasteiger partial charge in [-0.3, -0.25) is 4.79 Å². The predicted octanol–water partition coefficient (Wildman–Crippen LogP) is 5.92. The zero-order valence-electron chi connectivity index (χ0n) is 17.7. The summed E-state index contributed by atoms with van der Waals surface area (Å²) in [7, 11) is 1.59. The average molecular weight is 499 g/mol. The number of carbonyl (C=O) groups excluding carboxylic acids is 1. The molecule has 0 atom stereocenters. The zero-order chi connectivity index (χ0) is 22.8. The Balaban J connectivity index is 1.51. The van der Waals surface area contributed by atoms with Crippen LogP contribution in [0.3, 0.4) is 0 Å². The number of benzene rings is 3. The van der Waals surface area contributed by atoms with Gasteiger partial charge in [0.25, 0.3) is 5.91 Å². The third-order valence-corrected chi connectivity index (χ3v) is 5.92. The molecule has 0 radical (unpaired) electrons. The number of H-pyrrole nitrogens is 1. The number of aromatic amines is 1. The molecule has 2 N–H and O–H groups in total. The second-order valence-electron chi connectivity index (χ2n) is 7.43. The highest BCUT2D eigenvalue weighted by molar-refractivity contribution is 9.10. The molecule has 0 spiro atoms. The van der Waals surface area contributed by atoms with E-state index >= 15 is 0 Å². The summed E-state index contributed by atoms with van der Waals surface area (Å²) in [5.41, 5.74) is 7.33. The SMILES string of the molecule is COc1ccc2nc(-c3ccc(Br)cc3)cc(C(=O)N/N=C/c3c[nH]c4ccccc34)c2c1. The molecule has 2 heterocycles. The fourth-order valence-electron chi connectivity index (χ4n) is 3.71. The van der Waals surface area contributed by atoms with Crippen LogP contribution in [0.1, 0.15) is 15.9 Å². The standard InChI is InChI=1S/C26H19BrN4O2/c1-33-19-10-11-24-21(12-19)22(13-25(30-24)16-6-8-18(27)9-7-16)26(32)31-29-15-17-14-28-23-5-3-2-4-20(17)23/h2-15,28H,1H3,(H,31,32)/b29-15+.